The van der Waals surface area contributed by atoms with E-state index in [9.17, 15) is 21.6 Å². The molecule has 34 heavy (non-hydrogen) atoms. The number of sulfone groups is 1. The topological polar surface area (TPSA) is 101 Å². The van der Waals surface area contributed by atoms with Crippen molar-refractivity contribution in [3.8, 4) is 0 Å². The SMILES string of the molecule is Cc1ccc(N(CC(=O)N[C@@H](C)c2ccc(S(C)(=O)=O)cc2)S(=O)(=O)c2ccccc2)c(C)c1. The maximum Gasteiger partial charge on any atom is 0.264 e. The van der Waals surface area contributed by atoms with Crippen LogP contribution in [0, 0.1) is 13.8 Å². The molecule has 3 aromatic carbocycles. The molecule has 0 saturated heterocycles. The van der Waals surface area contributed by atoms with E-state index < -0.39 is 38.4 Å². The summed E-state index contributed by atoms with van der Waals surface area (Å²) in [5.41, 5.74) is 2.84. The zero-order valence-corrected chi connectivity index (χ0v) is 21.2. The standard InChI is InChI=1S/C25H28N2O5S2/c1-18-10-15-24(19(2)16-18)27(34(31,32)23-8-6-5-7-9-23)17-25(28)26-20(3)21-11-13-22(14-12-21)33(4,29)30/h5-16,20H,17H2,1-4H3,(H,26,28)/t20-/m0/s1. The Bertz CT molecular complexity index is 1380. The summed E-state index contributed by atoms with van der Waals surface area (Å²) in [6.07, 6.45) is 1.13. The van der Waals surface area contributed by atoms with Crippen molar-refractivity contribution in [2.75, 3.05) is 17.1 Å². The molecule has 0 aliphatic carbocycles. The Morgan fingerprint density at radius 2 is 1.50 bits per heavy atom. The molecule has 0 aliphatic heterocycles. The third-order valence-corrected chi connectivity index (χ3v) is 8.33. The van der Waals surface area contributed by atoms with Crippen molar-refractivity contribution in [3.05, 3.63) is 89.5 Å². The molecule has 1 atom stereocenters. The zero-order chi connectivity index (χ0) is 25.1. The van der Waals surface area contributed by atoms with Crippen LogP contribution in [0.5, 0.6) is 0 Å². The quantitative estimate of drug-likeness (QED) is 0.507. The van der Waals surface area contributed by atoms with Gasteiger partial charge in [0.05, 0.1) is 21.5 Å². The lowest BCUT2D eigenvalue weighted by molar-refractivity contribution is -0.120. The Morgan fingerprint density at radius 1 is 0.882 bits per heavy atom. The molecule has 0 saturated carbocycles. The van der Waals surface area contributed by atoms with Crippen molar-refractivity contribution in [2.24, 2.45) is 0 Å². The number of amides is 1. The Balaban J connectivity index is 1.88. The van der Waals surface area contributed by atoms with E-state index in [4.69, 9.17) is 0 Å². The molecular formula is C25H28N2O5S2. The number of nitrogens with zero attached hydrogens (tertiary/aromatic N) is 1. The van der Waals surface area contributed by atoms with Crippen molar-refractivity contribution >= 4 is 31.5 Å². The summed E-state index contributed by atoms with van der Waals surface area (Å²) in [6, 6.07) is 19.1. The highest BCUT2D eigenvalue weighted by molar-refractivity contribution is 7.93. The van der Waals surface area contributed by atoms with E-state index in [0.717, 1.165) is 21.7 Å². The smallest absolute Gasteiger partial charge is 0.264 e. The van der Waals surface area contributed by atoms with Gasteiger partial charge in [0.25, 0.3) is 10.0 Å². The van der Waals surface area contributed by atoms with Crippen LogP contribution in [-0.4, -0.2) is 35.5 Å². The maximum atomic E-state index is 13.5. The molecule has 0 heterocycles. The molecule has 0 aromatic heterocycles. The van der Waals surface area contributed by atoms with Gasteiger partial charge in [0.2, 0.25) is 5.91 Å². The highest BCUT2D eigenvalue weighted by Crippen LogP contribution is 2.27. The molecule has 3 aromatic rings. The molecule has 0 fully saturated rings. The van der Waals surface area contributed by atoms with E-state index in [-0.39, 0.29) is 9.79 Å². The fourth-order valence-corrected chi connectivity index (χ4v) is 5.75. The summed E-state index contributed by atoms with van der Waals surface area (Å²) in [5, 5.41) is 2.81. The van der Waals surface area contributed by atoms with Gasteiger partial charge in [-0.1, -0.05) is 48.0 Å². The number of aryl methyl sites for hydroxylation is 2. The summed E-state index contributed by atoms with van der Waals surface area (Å²) in [6.45, 7) is 5.06. The van der Waals surface area contributed by atoms with E-state index in [1.165, 1.54) is 24.3 Å². The van der Waals surface area contributed by atoms with Crippen molar-refractivity contribution in [1.29, 1.82) is 0 Å². The third kappa shape index (κ3) is 5.84. The second kappa shape index (κ2) is 9.99. The van der Waals surface area contributed by atoms with E-state index >= 15 is 0 Å². The third-order valence-electron chi connectivity index (χ3n) is 5.43. The summed E-state index contributed by atoms with van der Waals surface area (Å²) in [5.74, 6) is -0.487. The largest absolute Gasteiger partial charge is 0.348 e. The second-order valence-corrected chi connectivity index (χ2v) is 12.1. The number of hydrogen-bond acceptors (Lipinski definition) is 5. The Morgan fingerprint density at radius 3 is 2.06 bits per heavy atom. The number of benzene rings is 3. The molecular weight excluding hydrogens is 472 g/mol. The van der Waals surface area contributed by atoms with Crippen molar-refractivity contribution in [3.63, 3.8) is 0 Å². The molecule has 3 rings (SSSR count). The second-order valence-electron chi connectivity index (χ2n) is 8.25. The summed E-state index contributed by atoms with van der Waals surface area (Å²) in [7, 11) is -7.33. The number of hydrogen-bond donors (Lipinski definition) is 1. The molecule has 0 aliphatic rings. The molecule has 0 bridgehead atoms. The average Bonchev–Trinajstić information content (AvgIpc) is 2.78. The van der Waals surface area contributed by atoms with Gasteiger partial charge in [0.1, 0.15) is 6.54 Å². The van der Waals surface area contributed by atoms with Crippen LogP contribution in [-0.2, 0) is 24.7 Å². The number of anilines is 1. The van der Waals surface area contributed by atoms with Gasteiger partial charge in [0, 0.05) is 6.26 Å². The minimum atomic E-state index is -4.00. The predicted molar refractivity (Wildman–Crippen MR) is 133 cm³/mol. The molecule has 0 radical (unpaired) electrons. The first-order chi connectivity index (χ1) is 15.9. The first-order valence-electron chi connectivity index (χ1n) is 10.6. The summed E-state index contributed by atoms with van der Waals surface area (Å²) < 4.78 is 51.4. The minimum Gasteiger partial charge on any atom is -0.348 e. The fraction of sp³-hybridized carbons (Fsp3) is 0.240. The Kier molecular flexibility index (Phi) is 7.48. The highest BCUT2D eigenvalue weighted by atomic mass is 32.2. The minimum absolute atomic E-state index is 0.0900. The average molecular weight is 501 g/mol. The highest BCUT2D eigenvalue weighted by Gasteiger charge is 2.28. The van der Waals surface area contributed by atoms with E-state index in [1.54, 1.807) is 56.3 Å². The normalized spacial score (nSPS) is 12.7. The molecule has 0 spiro atoms. The van der Waals surface area contributed by atoms with Crippen LogP contribution in [0.3, 0.4) is 0 Å². The van der Waals surface area contributed by atoms with Crippen molar-refractivity contribution < 1.29 is 21.6 Å². The van der Waals surface area contributed by atoms with Crippen LogP contribution in [0.2, 0.25) is 0 Å². The molecule has 7 nitrogen and oxygen atoms in total. The van der Waals surface area contributed by atoms with Crippen molar-refractivity contribution in [2.45, 2.75) is 36.6 Å². The Hall–Kier alpha value is -3.17. The molecule has 1 N–H and O–H groups in total. The van der Waals surface area contributed by atoms with Gasteiger partial charge >= 0.3 is 0 Å². The van der Waals surface area contributed by atoms with Crippen LogP contribution < -0.4 is 9.62 Å². The van der Waals surface area contributed by atoms with Crippen LogP contribution >= 0.6 is 0 Å². The number of rotatable bonds is 8. The van der Waals surface area contributed by atoms with Crippen LogP contribution in [0.1, 0.15) is 29.7 Å². The van der Waals surface area contributed by atoms with Crippen LogP contribution in [0.25, 0.3) is 0 Å². The monoisotopic (exact) mass is 500 g/mol. The molecule has 180 valence electrons. The van der Waals surface area contributed by atoms with Gasteiger partial charge in [-0.05, 0) is 62.2 Å². The van der Waals surface area contributed by atoms with E-state index in [2.05, 4.69) is 5.32 Å². The first-order valence-corrected chi connectivity index (χ1v) is 14.0. The molecule has 9 heteroatoms. The predicted octanol–water partition coefficient (Wildman–Crippen LogP) is 3.78. The van der Waals surface area contributed by atoms with Gasteiger partial charge in [-0.3, -0.25) is 9.10 Å². The number of nitrogens with one attached hydrogen (secondary N) is 1. The lowest BCUT2D eigenvalue weighted by Gasteiger charge is -2.26. The first kappa shape index (κ1) is 25.5. The van der Waals surface area contributed by atoms with Crippen molar-refractivity contribution in [1.82, 2.24) is 5.32 Å². The lowest BCUT2D eigenvalue weighted by Crippen LogP contribution is -2.41. The number of sulfonamides is 1. The summed E-state index contributed by atoms with van der Waals surface area (Å²) >= 11 is 0. The van der Waals surface area contributed by atoms with Gasteiger partial charge in [-0.2, -0.15) is 0 Å². The van der Waals surface area contributed by atoms with Gasteiger partial charge in [-0.15, -0.1) is 0 Å². The number of carbonyl (C=O) groups is 1. The number of carbonyl (C=O) groups excluding carboxylic acids is 1. The van der Waals surface area contributed by atoms with E-state index in [0.29, 0.717) is 11.3 Å². The summed E-state index contributed by atoms with van der Waals surface area (Å²) in [4.78, 5) is 13.3. The maximum absolute atomic E-state index is 13.5. The molecule has 1 amide bonds. The van der Waals surface area contributed by atoms with E-state index in [1.807, 2.05) is 13.0 Å². The fourth-order valence-electron chi connectivity index (χ4n) is 3.61. The lowest BCUT2D eigenvalue weighted by atomic mass is 10.1. The molecule has 0 unspecified atom stereocenters. The van der Waals surface area contributed by atoms with Gasteiger partial charge in [-0.25, -0.2) is 16.8 Å². The zero-order valence-electron chi connectivity index (χ0n) is 19.5. The van der Waals surface area contributed by atoms with Crippen LogP contribution in [0.15, 0.2) is 82.6 Å². The van der Waals surface area contributed by atoms with Gasteiger partial charge in [0.15, 0.2) is 9.84 Å². The van der Waals surface area contributed by atoms with Crippen LogP contribution in [0.4, 0.5) is 5.69 Å². The van der Waals surface area contributed by atoms with Gasteiger partial charge < -0.3 is 5.32 Å². The Labute approximate surface area is 201 Å².